The summed E-state index contributed by atoms with van der Waals surface area (Å²) in [6.45, 7) is 4.44. The maximum atomic E-state index is 12.4. The second kappa shape index (κ2) is 7.25. The third-order valence-electron chi connectivity index (χ3n) is 3.85. The highest BCUT2D eigenvalue weighted by molar-refractivity contribution is 5.93. The van der Waals surface area contributed by atoms with Crippen molar-refractivity contribution in [2.75, 3.05) is 6.61 Å². The third-order valence-corrected chi connectivity index (χ3v) is 3.85. The lowest BCUT2D eigenvalue weighted by Crippen LogP contribution is -2.40. The molecule has 1 aromatic carbocycles. The summed E-state index contributed by atoms with van der Waals surface area (Å²) in [5, 5.41) is 0. The fraction of sp³-hybridized carbons (Fsp3) is 0.529. The van der Waals surface area contributed by atoms with Gasteiger partial charge in [0.1, 0.15) is 6.61 Å². The fourth-order valence-electron chi connectivity index (χ4n) is 2.79. The number of hydrogen-bond donors (Lipinski definition) is 0. The minimum Gasteiger partial charge on any atom is -0.447 e. The van der Waals surface area contributed by atoms with Gasteiger partial charge in [0.05, 0.1) is 6.04 Å². The first-order valence-electron chi connectivity index (χ1n) is 7.64. The summed E-state index contributed by atoms with van der Waals surface area (Å²) in [4.78, 5) is 25.5. The van der Waals surface area contributed by atoms with Gasteiger partial charge in [-0.2, -0.15) is 0 Å². The average molecular weight is 289 g/mol. The van der Waals surface area contributed by atoms with Crippen molar-refractivity contribution in [2.45, 2.75) is 45.6 Å². The van der Waals surface area contributed by atoms with E-state index in [1.807, 2.05) is 30.3 Å². The highest BCUT2D eigenvalue weighted by atomic mass is 16.6. The SMILES string of the molecule is CCCC(C)CC(=O)N1C(=O)OC[C@H]1Cc1ccccc1. The predicted octanol–water partition coefficient (Wildman–Crippen LogP) is 3.40. The molecule has 0 N–H and O–H groups in total. The van der Waals surface area contributed by atoms with E-state index >= 15 is 0 Å². The molecule has 0 saturated carbocycles. The molecular weight excluding hydrogens is 266 g/mol. The molecule has 1 heterocycles. The molecule has 0 radical (unpaired) electrons. The first kappa shape index (κ1) is 15.5. The minimum atomic E-state index is -0.496. The van der Waals surface area contributed by atoms with Crippen LogP contribution in [0, 0.1) is 5.92 Å². The quantitative estimate of drug-likeness (QED) is 0.806. The Bertz CT molecular complexity index is 486. The van der Waals surface area contributed by atoms with Crippen LogP contribution in [0.2, 0.25) is 0 Å². The van der Waals surface area contributed by atoms with Gasteiger partial charge < -0.3 is 4.74 Å². The van der Waals surface area contributed by atoms with E-state index in [9.17, 15) is 9.59 Å². The third kappa shape index (κ3) is 4.06. The van der Waals surface area contributed by atoms with Crippen molar-refractivity contribution in [1.82, 2.24) is 4.90 Å². The van der Waals surface area contributed by atoms with Crippen molar-refractivity contribution in [2.24, 2.45) is 5.92 Å². The second-order valence-corrected chi connectivity index (χ2v) is 5.78. The molecule has 1 fully saturated rings. The van der Waals surface area contributed by atoms with Crippen molar-refractivity contribution in [3.63, 3.8) is 0 Å². The largest absolute Gasteiger partial charge is 0.447 e. The van der Waals surface area contributed by atoms with Crippen LogP contribution in [-0.2, 0) is 16.0 Å². The Labute approximate surface area is 126 Å². The van der Waals surface area contributed by atoms with Gasteiger partial charge in [-0.25, -0.2) is 9.69 Å². The maximum absolute atomic E-state index is 12.4. The molecule has 0 aromatic heterocycles. The summed E-state index contributed by atoms with van der Waals surface area (Å²) in [5.74, 6) is 0.188. The highest BCUT2D eigenvalue weighted by Gasteiger charge is 2.37. The van der Waals surface area contributed by atoms with Gasteiger partial charge in [0.25, 0.3) is 0 Å². The number of carbonyl (C=O) groups is 2. The van der Waals surface area contributed by atoms with Crippen molar-refractivity contribution in [1.29, 1.82) is 0 Å². The van der Waals surface area contributed by atoms with E-state index < -0.39 is 6.09 Å². The molecule has 1 unspecified atom stereocenters. The van der Waals surface area contributed by atoms with Crippen LogP contribution < -0.4 is 0 Å². The standard InChI is InChI=1S/C17H23NO3/c1-3-7-13(2)10-16(19)18-15(12-21-17(18)20)11-14-8-5-4-6-9-14/h4-6,8-9,13,15H,3,7,10-12H2,1-2H3/t13?,15-/m1/s1. The zero-order valence-corrected chi connectivity index (χ0v) is 12.7. The van der Waals surface area contributed by atoms with Crippen LogP contribution in [0.4, 0.5) is 4.79 Å². The zero-order valence-electron chi connectivity index (χ0n) is 12.7. The Morgan fingerprint density at radius 1 is 1.38 bits per heavy atom. The van der Waals surface area contributed by atoms with E-state index in [0.29, 0.717) is 25.4 Å². The molecule has 0 bridgehead atoms. The molecule has 4 nitrogen and oxygen atoms in total. The fourth-order valence-corrected chi connectivity index (χ4v) is 2.79. The van der Waals surface area contributed by atoms with Gasteiger partial charge in [0.2, 0.25) is 5.91 Å². The predicted molar refractivity (Wildman–Crippen MR) is 80.8 cm³/mol. The van der Waals surface area contributed by atoms with E-state index in [0.717, 1.165) is 18.4 Å². The second-order valence-electron chi connectivity index (χ2n) is 5.78. The number of ether oxygens (including phenoxy) is 1. The number of amides is 2. The zero-order chi connectivity index (χ0) is 15.2. The molecule has 2 atom stereocenters. The lowest BCUT2D eigenvalue weighted by molar-refractivity contribution is -0.130. The molecule has 0 aliphatic carbocycles. The summed E-state index contributed by atoms with van der Waals surface area (Å²) in [5.41, 5.74) is 1.11. The number of benzene rings is 1. The van der Waals surface area contributed by atoms with Gasteiger partial charge in [0.15, 0.2) is 0 Å². The first-order valence-corrected chi connectivity index (χ1v) is 7.64. The molecule has 4 heteroatoms. The van der Waals surface area contributed by atoms with Gasteiger partial charge in [-0.3, -0.25) is 4.79 Å². The number of nitrogens with zero attached hydrogens (tertiary/aromatic N) is 1. The van der Waals surface area contributed by atoms with Crippen molar-refractivity contribution in [3.05, 3.63) is 35.9 Å². The highest BCUT2D eigenvalue weighted by Crippen LogP contribution is 2.21. The number of cyclic esters (lactones) is 1. The first-order chi connectivity index (χ1) is 10.1. The molecule has 1 aromatic rings. The maximum Gasteiger partial charge on any atom is 0.416 e. The molecule has 1 saturated heterocycles. The van der Waals surface area contributed by atoms with Crippen LogP contribution in [0.1, 0.15) is 38.7 Å². The smallest absolute Gasteiger partial charge is 0.416 e. The van der Waals surface area contributed by atoms with E-state index in [4.69, 9.17) is 4.74 Å². The monoisotopic (exact) mass is 289 g/mol. The van der Waals surface area contributed by atoms with Crippen molar-refractivity contribution >= 4 is 12.0 Å². The molecule has 114 valence electrons. The van der Waals surface area contributed by atoms with Gasteiger partial charge in [-0.15, -0.1) is 0 Å². The summed E-state index contributed by atoms with van der Waals surface area (Å²) < 4.78 is 5.08. The van der Waals surface area contributed by atoms with Crippen LogP contribution in [0.15, 0.2) is 30.3 Å². The number of hydrogen-bond acceptors (Lipinski definition) is 3. The summed E-state index contributed by atoms with van der Waals surface area (Å²) >= 11 is 0. The van der Waals surface area contributed by atoms with Crippen LogP contribution >= 0.6 is 0 Å². The Hall–Kier alpha value is -1.84. The van der Waals surface area contributed by atoms with Crippen molar-refractivity contribution in [3.8, 4) is 0 Å². The lowest BCUT2D eigenvalue weighted by atomic mass is 10.0. The number of imide groups is 1. The Morgan fingerprint density at radius 2 is 2.10 bits per heavy atom. The Morgan fingerprint density at radius 3 is 2.76 bits per heavy atom. The Kier molecular flexibility index (Phi) is 5.37. The molecule has 1 aliphatic rings. The average Bonchev–Trinajstić information content (AvgIpc) is 2.81. The number of carbonyl (C=O) groups excluding carboxylic acids is 2. The summed E-state index contributed by atoms with van der Waals surface area (Å²) in [7, 11) is 0. The van der Waals surface area contributed by atoms with Crippen molar-refractivity contribution < 1.29 is 14.3 Å². The molecular formula is C17H23NO3. The summed E-state index contributed by atoms with van der Waals surface area (Å²) in [6, 6.07) is 9.71. The molecule has 1 aliphatic heterocycles. The van der Waals surface area contributed by atoms with Gasteiger partial charge in [-0.1, -0.05) is 57.0 Å². The van der Waals surface area contributed by atoms with Gasteiger partial charge in [-0.05, 0) is 17.9 Å². The molecule has 2 amide bonds. The van der Waals surface area contributed by atoms with E-state index in [1.54, 1.807) is 0 Å². The minimum absolute atomic E-state index is 0.112. The normalized spacial score (nSPS) is 19.4. The topological polar surface area (TPSA) is 46.6 Å². The van der Waals surface area contributed by atoms with Gasteiger partial charge in [0, 0.05) is 6.42 Å². The van der Waals surface area contributed by atoms with Crippen LogP contribution in [0.25, 0.3) is 0 Å². The van der Waals surface area contributed by atoms with Crippen LogP contribution in [-0.4, -0.2) is 29.5 Å². The van der Waals surface area contributed by atoms with E-state index in [1.165, 1.54) is 4.90 Å². The van der Waals surface area contributed by atoms with E-state index in [2.05, 4.69) is 13.8 Å². The van der Waals surface area contributed by atoms with Gasteiger partial charge >= 0.3 is 6.09 Å². The lowest BCUT2D eigenvalue weighted by Gasteiger charge is -2.21. The van der Waals surface area contributed by atoms with E-state index in [-0.39, 0.29) is 11.9 Å². The number of rotatable bonds is 6. The van der Waals surface area contributed by atoms with Crippen LogP contribution in [0.3, 0.4) is 0 Å². The molecule has 0 spiro atoms. The Balaban J connectivity index is 2.01. The molecule has 21 heavy (non-hydrogen) atoms. The molecule has 2 rings (SSSR count). The summed E-state index contributed by atoms with van der Waals surface area (Å²) in [6.07, 6.45) is 2.61. The van der Waals surface area contributed by atoms with Crippen LogP contribution in [0.5, 0.6) is 0 Å².